The molecule has 3 aliphatic heterocycles. The van der Waals surface area contributed by atoms with Crippen LogP contribution in [0.25, 0.3) is 5.65 Å². The lowest BCUT2D eigenvalue weighted by Crippen LogP contribution is -2.56. The molecule has 2 bridgehead atoms. The van der Waals surface area contributed by atoms with Crippen LogP contribution in [0, 0.1) is 0 Å². The molecule has 0 radical (unpaired) electrons. The number of nitrogens with zero attached hydrogens (tertiary/aromatic N) is 6. The van der Waals surface area contributed by atoms with Gasteiger partial charge in [-0.15, -0.1) is 0 Å². The van der Waals surface area contributed by atoms with E-state index >= 15 is 0 Å². The van der Waals surface area contributed by atoms with Crippen LogP contribution < -0.4 is 20.9 Å². The molecule has 11 nitrogen and oxygen atoms in total. The number of carbonyl (C=O) groups is 2. The highest BCUT2D eigenvalue weighted by Crippen LogP contribution is 2.37. The molecule has 2 amide bonds. The van der Waals surface area contributed by atoms with Gasteiger partial charge in [0.1, 0.15) is 18.2 Å². The Balaban J connectivity index is 1.45. The molecular weight excluding hydrogens is 508 g/mol. The molecule has 2 saturated heterocycles. The van der Waals surface area contributed by atoms with Gasteiger partial charge < -0.3 is 30.5 Å². The van der Waals surface area contributed by atoms with E-state index in [4.69, 9.17) is 20.6 Å². The van der Waals surface area contributed by atoms with Crippen LogP contribution in [0.15, 0.2) is 42.5 Å². The van der Waals surface area contributed by atoms with Gasteiger partial charge in [-0.05, 0) is 31.7 Å². The van der Waals surface area contributed by atoms with Gasteiger partial charge in [0, 0.05) is 57.9 Å². The predicted octanol–water partition coefficient (Wildman–Crippen LogP) is 1.47. The number of nitrogens with two attached hydrogens (primary N) is 1. The van der Waals surface area contributed by atoms with E-state index in [2.05, 4.69) is 15.1 Å². The molecule has 0 saturated carbocycles. The molecule has 2 unspecified atom stereocenters. The Morgan fingerprint density at radius 1 is 1.10 bits per heavy atom. The average Bonchev–Trinajstić information content (AvgIpc) is 3.38. The second-order valence-electron chi connectivity index (χ2n) is 11.4. The number of benzene rings is 1. The lowest BCUT2D eigenvalue weighted by Gasteiger charge is -2.41. The van der Waals surface area contributed by atoms with E-state index in [-0.39, 0.29) is 37.1 Å². The standard InChI is InChI=1S/C29H38N8O3/c1-29(20-8-4-3-5-9-20)19-40-18-26(38)31-11-13-34(2)27-15-24(35-16-21(30)17-35)32-25-14-22(33-37(25)27)23-10-6-7-12-36(23)28(29)39/h3-5,8-9,14-15,21,23H,6-7,10-13,16-19,30H2,1-2H3,(H,31,38). The third kappa shape index (κ3) is 4.88. The fraction of sp³-hybridized carbons (Fsp3) is 0.517. The maximum Gasteiger partial charge on any atom is 0.246 e. The minimum atomic E-state index is -0.958. The van der Waals surface area contributed by atoms with E-state index in [1.807, 2.05) is 65.9 Å². The summed E-state index contributed by atoms with van der Waals surface area (Å²) in [7, 11) is 1.98. The number of anilines is 2. The summed E-state index contributed by atoms with van der Waals surface area (Å²) < 4.78 is 7.79. The SMILES string of the molecule is CN1CCNC(=O)COCC(C)(c2ccccc2)C(=O)N2CCCCC2c2cc3nc(N4CC(N)C4)cc1n3n2. The second-order valence-corrected chi connectivity index (χ2v) is 11.4. The van der Waals surface area contributed by atoms with Gasteiger partial charge in [-0.3, -0.25) is 9.59 Å². The zero-order valence-corrected chi connectivity index (χ0v) is 23.3. The van der Waals surface area contributed by atoms with Gasteiger partial charge in [0.05, 0.1) is 23.8 Å². The Hall–Kier alpha value is -3.70. The van der Waals surface area contributed by atoms with Crippen LogP contribution in [0.1, 0.15) is 43.5 Å². The molecule has 3 aliphatic rings. The summed E-state index contributed by atoms with van der Waals surface area (Å²) in [5.74, 6) is 1.49. The van der Waals surface area contributed by atoms with Crippen molar-refractivity contribution >= 4 is 29.1 Å². The van der Waals surface area contributed by atoms with Gasteiger partial charge in [0.2, 0.25) is 11.8 Å². The third-order valence-electron chi connectivity index (χ3n) is 8.42. The fourth-order valence-corrected chi connectivity index (χ4v) is 6.01. The van der Waals surface area contributed by atoms with Crippen LogP contribution in [0.4, 0.5) is 11.6 Å². The topological polar surface area (TPSA) is 121 Å². The lowest BCUT2D eigenvalue weighted by molar-refractivity contribution is -0.145. The van der Waals surface area contributed by atoms with Gasteiger partial charge in [0.15, 0.2) is 5.65 Å². The van der Waals surface area contributed by atoms with Gasteiger partial charge >= 0.3 is 0 Å². The number of aromatic nitrogens is 3. The van der Waals surface area contributed by atoms with Crippen LogP contribution in [-0.2, 0) is 19.7 Å². The van der Waals surface area contributed by atoms with E-state index in [9.17, 15) is 9.59 Å². The third-order valence-corrected chi connectivity index (χ3v) is 8.42. The number of nitrogens with one attached hydrogen (secondary N) is 1. The van der Waals surface area contributed by atoms with E-state index in [1.165, 1.54) is 0 Å². The molecule has 2 aromatic heterocycles. The van der Waals surface area contributed by atoms with Crippen molar-refractivity contribution in [2.75, 3.05) is 62.8 Å². The number of likely N-dealkylation sites (N-methyl/N-ethyl adjacent to an activating group) is 1. The first kappa shape index (κ1) is 26.5. The Bertz CT molecular complexity index is 1390. The first-order valence-corrected chi connectivity index (χ1v) is 14.2. The number of piperidine rings is 1. The van der Waals surface area contributed by atoms with E-state index in [1.54, 1.807) is 0 Å². The Kier molecular flexibility index (Phi) is 7.09. The summed E-state index contributed by atoms with van der Waals surface area (Å²) in [6.45, 7) is 5.07. The average molecular weight is 547 g/mol. The molecular formula is C29H38N8O3. The number of rotatable bonds is 2. The minimum absolute atomic E-state index is 0.0199. The summed E-state index contributed by atoms with van der Waals surface area (Å²) >= 11 is 0. The number of amides is 2. The lowest BCUT2D eigenvalue weighted by atomic mass is 9.80. The molecule has 3 aromatic rings. The second kappa shape index (κ2) is 10.7. The van der Waals surface area contributed by atoms with Crippen LogP contribution in [0.5, 0.6) is 0 Å². The smallest absolute Gasteiger partial charge is 0.246 e. The molecule has 5 heterocycles. The zero-order chi connectivity index (χ0) is 27.9. The number of fused-ring (bicyclic) bond motifs is 3. The summed E-state index contributed by atoms with van der Waals surface area (Å²) in [6.07, 6.45) is 2.76. The van der Waals surface area contributed by atoms with E-state index in [0.29, 0.717) is 19.6 Å². The first-order valence-electron chi connectivity index (χ1n) is 14.2. The Morgan fingerprint density at radius 3 is 2.67 bits per heavy atom. The van der Waals surface area contributed by atoms with E-state index in [0.717, 1.165) is 60.9 Å². The monoisotopic (exact) mass is 546 g/mol. The van der Waals surface area contributed by atoms with Gasteiger partial charge in [0.25, 0.3) is 0 Å². The maximum absolute atomic E-state index is 14.4. The number of carbonyl (C=O) groups excluding carboxylic acids is 2. The fourth-order valence-electron chi connectivity index (χ4n) is 6.01. The molecule has 40 heavy (non-hydrogen) atoms. The molecule has 3 N–H and O–H groups in total. The van der Waals surface area contributed by atoms with Gasteiger partial charge in [-0.2, -0.15) is 9.61 Å². The summed E-state index contributed by atoms with van der Waals surface area (Å²) in [5, 5.41) is 7.99. The summed E-state index contributed by atoms with van der Waals surface area (Å²) in [6, 6.07) is 13.7. The van der Waals surface area contributed by atoms with Crippen LogP contribution >= 0.6 is 0 Å². The summed E-state index contributed by atoms with van der Waals surface area (Å²) in [5.41, 5.74) is 7.54. The van der Waals surface area contributed by atoms with Crippen molar-refractivity contribution in [1.82, 2.24) is 24.8 Å². The predicted molar refractivity (Wildman–Crippen MR) is 152 cm³/mol. The molecule has 1 aromatic carbocycles. The molecule has 6 rings (SSSR count). The van der Waals surface area contributed by atoms with Crippen molar-refractivity contribution < 1.29 is 14.3 Å². The van der Waals surface area contributed by atoms with Crippen LogP contribution in [0.3, 0.4) is 0 Å². The van der Waals surface area contributed by atoms with E-state index < -0.39 is 5.41 Å². The zero-order valence-electron chi connectivity index (χ0n) is 23.3. The van der Waals surface area contributed by atoms with Gasteiger partial charge in [-0.1, -0.05) is 30.3 Å². The van der Waals surface area contributed by atoms with Crippen LogP contribution in [0.2, 0.25) is 0 Å². The molecule has 0 spiro atoms. The molecule has 11 heteroatoms. The van der Waals surface area contributed by atoms with Crippen LogP contribution in [-0.4, -0.2) is 90.3 Å². The maximum atomic E-state index is 14.4. The highest BCUT2D eigenvalue weighted by Gasteiger charge is 2.43. The summed E-state index contributed by atoms with van der Waals surface area (Å²) in [4.78, 5) is 38.2. The number of hydrogen-bond acceptors (Lipinski definition) is 8. The molecule has 2 atom stereocenters. The molecule has 2 fully saturated rings. The Labute approximate surface area is 234 Å². The normalized spacial score (nSPS) is 25.2. The van der Waals surface area contributed by atoms with Crippen molar-refractivity contribution in [1.29, 1.82) is 0 Å². The Morgan fingerprint density at radius 2 is 1.90 bits per heavy atom. The largest absolute Gasteiger partial charge is 0.370 e. The van der Waals surface area contributed by atoms with Gasteiger partial charge in [-0.25, -0.2) is 4.98 Å². The van der Waals surface area contributed by atoms with Crippen molar-refractivity contribution in [3.63, 3.8) is 0 Å². The quantitative estimate of drug-likeness (QED) is 0.496. The van der Waals surface area contributed by atoms with Crippen molar-refractivity contribution in [3.05, 3.63) is 53.7 Å². The van der Waals surface area contributed by atoms with Crippen molar-refractivity contribution in [2.24, 2.45) is 5.73 Å². The number of hydrogen-bond donors (Lipinski definition) is 2. The molecule has 0 aliphatic carbocycles. The highest BCUT2D eigenvalue weighted by atomic mass is 16.5. The highest BCUT2D eigenvalue weighted by molar-refractivity contribution is 5.88. The van der Waals surface area contributed by atoms with Crippen molar-refractivity contribution in [3.8, 4) is 0 Å². The number of ether oxygens (including phenoxy) is 1. The minimum Gasteiger partial charge on any atom is -0.370 e. The van der Waals surface area contributed by atoms with Crippen molar-refractivity contribution in [2.45, 2.75) is 43.7 Å². The molecule has 212 valence electrons. The first-order chi connectivity index (χ1) is 19.3.